The van der Waals surface area contributed by atoms with Gasteiger partial charge in [-0.15, -0.1) is 0 Å². The SMILES string of the molecule is COC(=O)c1c(C2CCCC2)cn(-c2ccc(Br)cc2)c1C#N. The van der Waals surface area contributed by atoms with E-state index in [0.717, 1.165) is 41.4 Å². The van der Waals surface area contributed by atoms with Crippen molar-refractivity contribution < 1.29 is 9.53 Å². The number of aromatic nitrogens is 1. The number of nitriles is 1. The topological polar surface area (TPSA) is 55.0 Å². The first-order valence-electron chi connectivity index (χ1n) is 7.65. The van der Waals surface area contributed by atoms with E-state index in [0.29, 0.717) is 17.2 Å². The number of esters is 1. The molecule has 1 heterocycles. The van der Waals surface area contributed by atoms with Gasteiger partial charge in [-0.05, 0) is 48.6 Å². The Hall–Kier alpha value is -2.06. The van der Waals surface area contributed by atoms with Gasteiger partial charge in [0.1, 0.15) is 11.8 Å². The molecule has 0 radical (unpaired) electrons. The lowest BCUT2D eigenvalue weighted by atomic mass is 9.96. The number of methoxy groups -OCH3 is 1. The molecule has 0 saturated heterocycles. The van der Waals surface area contributed by atoms with Crippen molar-refractivity contribution in [3.05, 3.63) is 51.8 Å². The van der Waals surface area contributed by atoms with Gasteiger partial charge in [0, 0.05) is 16.4 Å². The highest BCUT2D eigenvalue weighted by Crippen LogP contribution is 2.38. The van der Waals surface area contributed by atoms with Gasteiger partial charge in [-0.2, -0.15) is 5.26 Å². The number of carbonyl (C=O) groups is 1. The van der Waals surface area contributed by atoms with Crippen molar-refractivity contribution in [1.82, 2.24) is 4.57 Å². The van der Waals surface area contributed by atoms with E-state index < -0.39 is 5.97 Å². The average molecular weight is 373 g/mol. The molecule has 0 unspecified atom stereocenters. The van der Waals surface area contributed by atoms with Gasteiger partial charge in [-0.3, -0.25) is 0 Å². The lowest BCUT2D eigenvalue weighted by molar-refractivity contribution is 0.0598. The summed E-state index contributed by atoms with van der Waals surface area (Å²) in [5.74, 6) is -0.104. The molecule has 0 atom stereocenters. The number of nitrogens with zero attached hydrogens (tertiary/aromatic N) is 2. The summed E-state index contributed by atoms with van der Waals surface area (Å²) >= 11 is 3.41. The van der Waals surface area contributed by atoms with Crippen LogP contribution in [0.15, 0.2) is 34.9 Å². The van der Waals surface area contributed by atoms with Crippen LogP contribution in [0.2, 0.25) is 0 Å². The summed E-state index contributed by atoms with van der Waals surface area (Å²) in [5, 5.41) is 9.63. The number of rotatable bonds is 3. The fraction of sp³-hybridized carbons (Fsp3) is 0.333. The van der Waals surface area contributed by atoms with E-state index in [1.54, 1.807) is 4.57 Å². The molecule has 0 spiro atoms. The Kier molecular flexibility index (Phi) is 4.53. The quantitative estimate of drug-likeness (QED) is 0.742. The van der Waals surface area contributed by atoms with E-state index in [4.69, 9.17) is 4.74 Å². The summed E-state index contributed by atoms with van der Waals surface area (Å²) in [6.07, 6.45) is 6.37. The number of hydrogen-bond acceptors (Lipinski definition) is 3. The molecule has 1 fully saturated rings. The molecule has 3 rings (SSSR count). The normalized spacial score (nSPS) is 14.7. The fourth-order valence-corrected chi connectivity index (χ4v) is 3.57. The number of ether oxygens (including phenoxy) is 1. The van der Waals surface area contributed by atoms with Gasteiger partial charge in [0.15, 0.2) is 0 Å². The van der Waals surface area contributed by atoms with Crippen LogP contribution in [0.5, 0.6) is 0 Å². The molecule has 1 aliphatic rings. The predicted octanol–water partition coefficient (Wildman–Crippen LogP) is 4.56. The molecule has 118 valence electrons. The van der Waals surface area contributed by atoms with Crippen LogP contribution in [-0.2, 0) is 4.74 Å². The molecule has 0 bridgehead atoms. The first-order chi connectivity index (χ1) is 11.2. The van der Waals surface area contributed by atoms with Crippen molar-refractivity contribution in [2.45, 2.75) is 31.6 Å². The maximum Gasteiger partial charge on any atom is 0.341 e. The van der Waals surface area contributed by atoms with E-state index >= 15 is 0 Å². The minimum Gasteiger partial charge on any atom is -0.465 e. The largest absolute Gasteiger partial charge is 0.465 e. The number of carbonyl (C=O) groups excluding carboxylic acids is 1. The van der Waals surface area contributed by atoms with Crippen LogP contribution >= 0.6 is 15.9 Å². The maximum atomic E-state index is 12.3. The third-order valence-electron chi connectivity index (χ3n) is 4.43. The molecule has 4 nitrogen and oxygen atoms in total. The summed E-state index contributed by atoms with van der Waals surface area (Å²) in [7, 11) is 1.36. The van der Waals surface area contributed by atoms with Gasteiger partial charge in [0.2, 0.25) is 0 Å². The van der Waals surface area contributed by atoms with E-state index in [2.05, 4.69) is 22.0 Å². The predicted molar refractivity (Wildman–Crippen MR) is 90.7 cm³/mol. The standard InChI is InChI=1S/C18H17BrN2O2/c1-23-18(22)17-15(12-4-2-3-5-12)11-21(16(17)10-20)14-8-6-13(19)7-9-14/h6-9,11-12H,2-5H2,1H3. The molecule has 0 aliphatic heterocycles. The lowest BCUT2D eigenvalue weighted by Gasteiger charge is -2.08. The van der Waals surface area contributed by atoms with Crippen LogP contribution in [0.3, 0.4) is 0 Å². The number of halogens is 1. The van der Waals surface area contributed by atoms with Crippen LogP contribution < -0.4 is 0 Å². The molecule has 1 saturated carbocycles. The van der Waals surface area contributed by atoms with Gasteiger partial charge in [-0.1, -0.05) is 28.8 Å². The molecule has 1 aromatic heterocycles. The average Bonchev–Trinajstić information content (AvgIpc) is 3.21. The summed E-state index contributed by atoms with van der Waals surface area (Å²) in [4.78, 5) is 12.3. The van der Waals surface area contributed by atoms with E-state index in [9.17, 15) is 10.1 Å². The zero-order valence-corrected chi connectivity index (χ0v) is 14.5. The highest BCUT2D eigenvalue weighted by molar-refractivity contribution is 9.10. The van der Waals surface area contributed by atoms with Crippen LogP contribution in [-0.4, -0.2) is 17.6 Å². The van der Waals surface area contributed by atoms with E-state index in [-0.39, 0.29) is 0 Å². The first-order valence-corrected chi connectivity index (χ1v) is 8.44. The molecule has 1 aliphatic carbocycles. The molecule has 23 heavy (non-hydrogen) atoms. The zero-order chi connectivity index (χ0) is 16.4. The molecule has 1 aromatic carbocycles. The van der Waals surface area contributed by atoms with Gasteiger partial charge >= 0.3 is 5.97 Å². The second-order valence-corrected chi connectivity index (χ2v) is 6.65. The first kappa shape index (κ1) is 15.8. The zero-order valence-electron chi connectivity index (χ0n) is 12.9. The Morgan fingerprint density at radius 2 is 1.96 bits per heavy atom. The van der Waals surface area contributed by atoms with Gasteiger partial charge < -0.3 is 9.30 Å². The highest BCUT2D eigenvalue weighted by atomic mass is 79.9. The van der Waals surface area contributed by atoms with Gasteiger partial charge in [0.25, 0.3) is 0 Å². The van der Waals surface area contributed by atoms with Crippen molar-refractivity contribution in [2.24, 2.45) is 0 Å². The monoisotopic (exact) mass is 372 g/mol. The molecular formula is C18H17BrN2O2. The van der Waals surface area contributed by atoms with Crippen LogP contribution in [0.25, 0.3) is 5.69 Å². The number of benzene rings is 1. The molecule has 0 amide bonds. The van der Waals surface area contributed by atoms with Crippen molar-refractivity contribution in [3.8, 4) is 11.8 Å². The van der Waals surface area contributed by atoms with Crippen LogP contribution in [0, 0.1) is 11.3 Å². The Balaban J connectivity index is 2.18. The Morgan fingerprint density at radius 3 is 2.52 bits per heavy atom. The molecular weight excluding hydrogens is 356 g/mol. The summed E-state index contributed by atoms with van der Waals surface area (Å²) in [5.41, 5.74) is 2.57. The molecule has 2 aromatic rings. The second kappa shape index (κ2) is 6.59. The van der Waals surface area contributed by atoms with Gasteiger partial charge in [0.05, 0.1) is 12.7 Å². The second-order valence-electron chi connectivity index (χ2n) is 5.74. The Morgan fingerprint density at radius 1 is 1.30 bits per heavy atom. The number of hydrogen-bond donors (Lipinski definition) is 0. The minimum absolute atomic E-state index is 0.327. The highest BCUT2D eigenvalue weighted by Gasteiger charge is 2.29. The van der Waals surface area contributed by atoms with E-state index in [1.165, 1.54) is 7.11 Å². The van der Waals surface area contributed by atoms with Crippen molar-refractivity contribution in [1.29, 1.82) is 5.26 Å². The lowest BCUT2D eigenvalue weighted by Crippen LogP contribution is -2.08. The third-order valence-corrected chi connectivity index (χ3v) is 4.96. The fourth-order valence-electron chi connectivity index (χ4n) is 3.30. The smallest absolute Gasteiger partial charge is 0.341 e. The summed E-state index contributed by atoms with van der Waals surface area (Å²) in [6.45, 7) is 0. The maximum absolute atomic E-state index is 12.3. The van der Waals surface area contributed by atoms with Crippen molar-refractivity contribution >= 4 is 21.9 Å². The van der Waals surface area contributed by atoms with Crippen LogP contribution in [0.4, 0.5) is 0 Å². The van der Waals surface area contributed by atoms with Gasteiger partial charge in [-0.25, -0.2) is 4.79 Å². The Bertz CT molecular complexity index is 766. The summed E-state index contributed by atoms with van der Waals surface area (Å²) in [6, 6.07) is 9.87. The molecule has 5 heteroatoms. The van der Waals surface area contributed by atoms with Crippen LogP contribution in [0.1, 0.15) is 53.2 Å². The summed E-state index contributed by atoms with van der Waals surface area (Å²) < 4.78 is 7.70. The van der Waals surface area contributed by atoms with Crippen molar-refractivity contribution in [3.63, 3.8) is 0 Å². The Labute approximate surface area is 143 Å². The molecule has 0 N–H and O–H groups in total. The van der Waals surface area contributed by atoms with E-state index in [1.807, 2.05) is 30.5 Å². The minimum atomic E-state index is -0.431. The van der Waals surface area contributed by atoms with Crippen molar-refractivity contribution in [2.75, 3.05) is 7.11 Å². The third kappa shape index (κ3) is 2.91.